The third-order valence-electron chi connectivity index (χ3n) is 2.11. The number of carboxylic acid groups (broad SMARTS) is 1. The van der Waals surface area contributed by atoms with Gasteiger partial charge in [-0.1, -0.05) is 17.7 Å². The van der Waals surface area contributed by atoms with Crippen molar-refractivity contribution in [3.8, 4) is 5.75 Å². The molecule has 0 bridgehead atoms. The smallest absolute Gasteiger partial charge is 0.325 e. The average Bonchev–Trinajstić information content (AvgIpc) is 2.20. The maximum Gasteiger partial charge on any atom is 0.325 e. The number of benzene rings is 1. The van der Waals surface area contributed by atoms with Crippen LogP contribution >= 0.6 is 11.6 Å². The van der Waals surface area contributed by atoms with Crippen LogP contribution in [0.3, 0.4) is 0 Å². The van der Waals surface area contributed by atoms with Crippen molar-refractivity contribution < 1.29 is 14.6 Å². The maximum absolute atomic E-state index is 10.9. The summed E-state index contributed by atoms with van der Waals surface area (Å²) in [5, 5.41) is 9.27. The Morgan fingerprint density at radius 1 is 1.62 bits per heavy atom. The topological polar surface area (TPSA) is 72.5 Å². The molecule has 0 aliphatic rings. The molecule has 0 saturated heterocycles. The van der Waals surface area contributed by atoms with Gasteiger partial charge in [0.15, 0.2) is 0 Å². The molecule has 88 valence electrons. The number of ether oxygens (including phenoxy) is 1. The van der Waals surface area contributed by atoms with Gasteiger partial charge in [0.2, 0.25) is 0 Å². The number of nitrogens with two attached hydrogens (primary N) is 1. The monoisotopic (exact) mass is 243 g/mol. The summed E-state index contributed by atoms with van der Waals surface area (Å²) < 4.78 is 5.32. The number of aryl methyl sites for hydroxylation is 1. The Hall–Kier alpha value is -1.26. The predicted octanol–water partition coefficient (Wildman–Crippen LogP) is 2.13. The van der Waals surface area contributed by atoms with Crippen molar-refractivity contribution in [2.75, 3.05) is 6.61 Å². The highest BCUT2D eigenvalue weighted by atomic mass is 35.5. The van der Waals surface area contributed by atoms with Crippen LogP contribution in [-0.2, 0) is 4.79 Å². The third-order valence-corrected chi connectivity index (χ3v) is 2.39. The molecule has 16 heavy (non-hydrogen) atoms. The molecule has 3 N–H and O–H groups in total. The molecule has 0 aliphatic carbocycles. The zero-order valence-corrected chi connectivity index (χ0v) is 9.91. The van der Waals surface area contributed by atoms with Crippen LogP contribution in [0.1, 0.15) is 24.1 Å². The van der Waals surface area contributed by atoms with Gasteiger partial charge < -0.3 is 15.6 Å². The van der Waals surface area contributed by atoms with E-state index in [-0.39, 0.29) is 0 Å². The van der Waals surface area contributed by atoms with Crippen molar-refractivity contribution in [1.82, 2.24) is 0 Å². The molecule has 1 rings (SSSR count). The Morgan fingerprint density at radius 2 is 2.25 bits per heavy atom. The van der Waals surface area contributed by atoms with Crippen molar-refractivity contribution >= 4 is 17.6 Å². The second kappa shape index (κ2) is 5.18. The molecule has 4 nitrogen and oxygen atoms in total. The molecule has 0 radical (unpaired) electrons. The Balaban J connectivity index is 3.28. The van der Waals surface area contributed by atoms with Crippen molar-refractivity contribution in [2.45, 2.75) is 19.9 Å². The van der Waals surface area contributed by atoms with E-state index in [0.717, 1.165) is 5.56 Å². The fourth-order valence-electron chi connectivity index (χ4n) is 1.42. The first-order valence-corrected chi connectivity index (χ1v) is 5.26. The van der Waals surface area contributed by atoms with Crippen LogP contribution in [0, 0.1) is 6.92 Å². The lowest BCUT2D eigenvalue weighted by Crippen LogP contribution is -2.21. The van der Waals surface area contributed by atoms with E-state index in [9.17, 15) is 4.79 Å². The van der Waals surface area contributed by atoms with Crippen molar-refractivity contribution in [3.05, 3.63) is 28.3 Å². The first-order chi connectivity index (χ1) is 7.47. The molecule has 1 atom stereocenters. The zero-order chi connectivity index (χ0) is 12.3. The molecule has 0 amide bonds. The van der Waals surface area contributed by atoms with Crippen LogP contribution in [0.4, 0.5) is 0 Å². The molecule has 0 heterocycles. The van der Waals surface area contributed by atoms with E-state index in [0.29, 0.717) is 22.9 Å². The van der Waals surface area contributed by atoms with Gasteiger partial charge in [-0.05, 0) is 25.5 Å². The normalized spacial score (nSPS) is 12.2. The Kier molecular flexibility index (Phi) is 4.15. The Labute approximate surface area is 99.0 Å². The van der Waals surface area contributed by atoms with Crippen molar-refractivity contribution in [2.24, 2.45) is 5.73 Å². The lowest BCUT2D eigenvalue weighted by atomic mass is 10.0. The number of rotatable bonds is 4. The molecule has 1 aromatic rings. The van der Waals surface area contributed by atoms with Gasteiger partial charge in [-0.25, -0.2) is 0 Å². The SMILES string of the molecule is CCOc1c(Cl)cc(C)cc1C(N)C(=O)O. The first-order valence-electron chi connectivity index (χ1n) is 4.88. The van der Waals surface area contributed by atoms with E-state index >= 15 is 0 Å². The predicted molar refractivity (Wildman–Crippen MR) is 61.9 cm³/mol. The van der Waals surface area contributed by atoms with Gasteiger partial charge >= 0.3 is 5.97 Å². The number of carbonyl (C=O) groups is 1. The number of aliphatic carboxylic acids is 1. The third kappa shape index (κ3) is 2.65. The van der Waals surface area contributed by atoms with Crippen LogP contribution in [0.2, 0.25) is 5.02 Å². The summed E-state index contributed by atoms with van der Waals surface area (Å²) in [5.74, 6) is -0.757. The number of hydrogen-bond acceptors (Lipinski definition) is 3. The highest BCUT2D eigenvalue weighted by Crippen LogP contribution is 2.33. The van der Waals surface area contributed by atoms with E-state index in [1.807, 2.05) is 6.92 Å². The Bertz CT molecular complexity index is 406. The second-order valence-electron chi connectivity index (χ2n) is 3.41. The number of carboxylic acids is 1. The molecule has 1 aromatic carbocycles. The molecule has 0 aromatic heterocycles. The van der Waals surface area contributed by atoms with Crippen molar-refractivity contribution in [3.63, 3.8) is 0 Å². The molecule has 0 aliphatic heterocycles. The van der Waals surface area contributed by atoms with E-state index in [2.05, 4.69) is 0 Å². The van der Waals surface area contributed by atoms with Crippen molar-refractivity contribution in [1.29, 1.82) is 0 Å². The van der Waals surface area contributed by atoms with E-state index in [1.54, 1.807) is 19.1 Å². The molecule has 0 saturated carbocycles. The van der Waals surface area contributed by atoms with Gasteiger partial charge in [0.05, 0.1) is 11.6 Å². The van der Waals surface area contributed by atoms with Crippen LogP contribution < -0.4 is 10.5 Å². The molecule has 1 unspecified atom stereocenters. The summed E-state index contributed by atoms with van der Waals surface area (Å²) in [7, 11) is 0. The summed E-state index contributed by atoms with van der Waals surface area (Å²) in [6.45, 7) is 4.02. The first kappa shape index (κ1) is 12.8. The van der Waals surface area contributed by atoms with Gasteiger partial charge in [-0.2, -0.15) is 0 Å². The van der Waals surface area contributed by atoms with Crippen LogP contribution in [-0.4, -0.2) is 17.7 Å². The Morgan fingerprint density at radius 3 is 2.75 bits per heavy atom. The van der Waals surface area contributed by atoms with Gasteiger partial charge in [0, 0.05) is 5.56 Å². The lowest BCUT2D eigenvalue weighted by Gasteiger charge is -2.15. The van der Waals surface area contributed by atoms with Gasteiger partial charge in [0.25, 0.3) is 0 Å². The van der Waals surface area contributed by atoms with Gasteiger partial charge in [-0.3, -0.25) is 4.79 Å². The maximum atomic E-state index is 10.9. The molecule has 0 fully saturated rings. The number of halogens is 1. The minimum Gasteiger partial charge on any atom is -0.492 e. The molecular formula is C11H14ClNO3. The summed E-state index contributed by atoms with van der Waals surface area (Å²) in [6.07, 6.45) is 0. The minimum absolute atomic E-state index is 0.352. The summed E-state index contributed by atoms with van der Waals surface area (Å²) in [5.41, 5.74) is 6.82. The molecule has 0 spiro atoms. The minimum atomic E-state index is -1.13. The van der Waals surface area contributed by atoms with E-state index in [1.165, 1.54) is 0 Å². The average molecular weight is 244 g/mol. The highest BCUT2D eigenvalue weighted by molar-refractivity contribution is 6.32. The summed E-state index contributed by atoms with van der Waals surface area (Å²) in [6, 6.07) is 2.26. The van der Waals surface area contributed by atoms with Crippen LogP contribution in [0.5, 0.6) is 5.75 Å². The molecular weight excluding hydrogens is 230 g/mol. The zero-order valence-electron chi connectivity index (χ0n) is 9.16. The fraction of sp³-hybridized carbons (Fsp3) is 0.364. The van der Waals surface area contributed by atoms with Gasteiger partial charge in [-0.15, -0.1) is 0 Å². The largest absolute Gasteiger partial charge is 0.492 e. The quantitative estimate of drug-likeness (QED) is 0.850. The lowest BCUT2D eigenvalue weighted by molar-refractivity contribution is -0.138. The fourth-order valence-corrected chi connectivity index (χ4v) is 1.75. The second-order valence-corrected chi connectivity index (χ2v) is 3.82. The standard InChI is InChI=1S/C11H14ClNO3/c1-3-16-10-7(9(13)11(14)15)4-6(2)5-8(10)12/h4-5,9H,3,13H2,1-2H3,(H,14,15). The van der Waals surface area contributed by atoms with Crippen LogP contribution in [0.15, 0.2) is 12.1 Å². The number of hydrogen-bond donors (Lipinski definition) is 2. The highest BCUT2D eigenvalue weighted by Gasteiger charge is 2.21. The van der Waals surface area contributed by atoms with E-state index in [4.69, 9.17) is 27.2 Å². The summed E-state index contributed by atoms with van der Waals surface area (Å²) in [4.78, 5) is 10.9. The van der Waals surface area contributed by atoms with Crippen LogP contribution in [0.25, 0.3) is 0 Å². The molecule has 5 heteroatoms. The van der Waals surface area contributed by atoms with Gasteiger partial charge in [0.1, 0.15) is 11.8 Å². The van der Waals surface area contributed by atoms with E-state index < -0.39 is 12.0 Å². The summed E-state index contributed by atoms with van der Waals surface area (Å²) >= 11 is 5.99.